The first-order valence-electron chi connectivity index (χ1n) is 8.32. The highest BCUT2D eigenvalue weighted by Crippen LogP contribution is 2.09. The first-order valence-corrected chi connectivity index (χ1v) is 8.32. The predicted molar refractivity (Wildman–Crippen MR) is 98.3 cm³/mol. The van der Waals surface area contributed by atoms with E-state index >= 15 is 0 Å². The summed E-state index contributed by atoms with van der Waals surface area (Å²) in [5.41, 5.74) is 3.14. The van der Waals surface area contributed by atoms with Gasteiger partial charge in [0.05, 0.1) is 29.8 Å². The molecule has 0 atom stereocenters. The van der Waals surface area contributed by atoms with Crippen LogP contribution in [0, 0.1) is 0 Å². The number of aromatic nitrogens is 5. The molecular weight excluding hydrogens is 354 g/mol. The summed E-state index contributed by atoms with van der Waals surface area (Å²) in [5.74, 6) is -0.261. The maximum atomic E-state index is 12.3. The Morgan fingerprint density at radius 2 is 2.12 bits per heavy atom. The molecule has 0 unspecified atom stereocenters. The van der Waals surface area contributed by atoms with Crippen LogP contribution in [0.2, 0.25) is 0 Å². The summed E-state index contributed by atoms with van der Waals surface area (Å²) in [4.78, 5) is 12.3. The van der Waals surface area contributed by atoms with Crippen molar-refractivity contribution in [2.24, 2.45) is 0 Å². The van der Waals surface area contributed by atoms with Gasteiger partial charge in [-0.15, -0.1) is 17.5 Å². The second kappa shape index (κ2) is 8.11. The fourth-order valence-electron chi connectivity index (χ4n) is 2.84. The van der Waals surface area contributed by atoms with E-state index in [-0.39, 0.29) is 24.0 Å². The third-order valence-corrected chi connectivity index (χ3v) is 4.12. The summed E-state index contributed by atoms with van der Waals surface area (Å²) in [6.07, 6.45) is 2.68. The summed E-state index contributed by atoms with van der Waals surface area (Å²) in [6, 6.07) is 11.6. The van der Waals surface area contributed by atoms with Crippen LogP contribution >= 0.6 is 12.4 Å². The Balaban J connectivity index is 0.00000196. The van der Waals surface area contributed by atoms with Crippen molar-refractivity contribution < 1.29 is 4.79 Å². The van der Waals surface area contributed by atoms with Gasteiger partial charge in [0.1, 0.15) is 0 Å². The molecule has 3 aromatic rings. The molecular formula is C17H20ClN7O. The molecule has 1 aromatic carbocycles. The molecule has 136 valence electrons. The number of hydrogen-bond acceptors (Lipinski definition) is 5. The standard InChI is InChI=1S/C17H19N7O.ClH/c25-17(16-12-24(22-20-16)14-5-2-1-3-6-14)19-10-13-9-15-11-18-7-4-8-23(15)21-13;/h1-3,5-6,9,12,18H,4,7-8,10-11H2,(H,19,25);1H. The quantitative estimate of drug-likeness (QED) is 0.719. The number of para-hydroxylation sites is 1. The van der Waals surface area contributed by atoms with Gasteiger partial charge in [-0.3, -0.25) is 9.48 Å². The third-order valence-electron chi connectivity index (χ3n) is 4.12. The highest BCUT2D eigenvalue weighted by Gasteiger charge is 2.14. The first-order chi connectivity index (χ1) is 12.3. The number of halogens is 1. The molecule has 4 rings (SSSR count). The maximum absolute atomic E-state index is 12.3. The van der Waals surface area contributed by atoms with E-state index in [0.29, 0.717) is 6.54 Å². The zero-order valence-corrected chi connectivity index (χ0v) is 14.9. The second-order valence-corrected chi connectivity index (χ2v) is 5.95. The molecule has 3 heterocycles. The van der Waals surface area contributed by atoms with E-state index in [1.54, 1.807) is 10.9 Å². The summed E-state index contributed by atoms with van der Waals surface area (Å²) in [5, 5.41) is 18.7. The number of carbonyl (C=O) groups excluding carboxylic acids is 1. The van der Waals surface area contributed by atoms with Gasteiger partial charge in [-0.1, -0.05) is 23.4 Å². The number of nitrogens with zero attached hydrogens (tertiary/aromatic N) is 5. The summed E-state index contributed by atoms with van der Waals surface area (Å²) < 4.78 is 3.59. The zero-order chi connectivity index (χ0) is 17.1. The Morgan fingerprint density at radius 3 is 2.96 bits per heavy atom. The molecule has 0 saturated carbocycles. The first kappa shape index (κ1) is 18.1. The lowest BCUT2D eigenvalue weighted by molar-refractivity contribution is 0.0945. The van der Waals surface area contributed by atoms with Gasteiger partial charge in [0.15, 0.2) is 5.69 Å². The molecule has 26 heavy (non-hydrogen) atoms. The van der Waals surface area contributed by atoms with Crippen molar-refractivity contribution in [3.05, 3.63) is 59.7 Å². The maximum Gasteiger partial charge on any atom is 0.273 e. The van der Waals surface area contributed by atoms with Gasteiger partial charge < -0.3 is 10.6 Å². The molecule has 1 amide bonds. The number of fused-ring (bicyclic) bond motifs is 1. The molecule has 0 fully saturated rings. The Kier molecular flexibility index (Phi) is 5.65. The number of aryl methyl sites for hydroxylation is 1. The van der Waals surface area contributed by atoms with Gasteiger partial charge in [0.2, 0.25) is 0 Å². The third kappa shape index (κ3) is 3.92. The highest BCUT2D eigenvalue weighted by molar-refractivity contribution is 5.91. The predicted octanol–water partition coefficient (Wildman–Crippen LogP) is 1.31. The molecule has 0 saturated heterocycles. The van der Waals surface area contributed by atoms with Gasteiger partial charge in [-0.2, -0.15) is 5.10 Å². The molecule has 2 aromatic heterocycles. The molecule has 9 heteroatoms. The van der Waals surface area contributed by atoms with Crippen molar-refractivity contribution in [2.75, 3.05) is 6.54 Å². The van der Waals surface area contributed by atoms with Gasteiger partial charge >= 0.3 is 0 Å². The number of carbonyl (C=O) groups is 1. The highest BCUT2D eigenvalue weighted by atomic mass is 35.5. The van der Waals surface area contributed by atoms with E-state index in [1.165, 1.54) is 0 Å². The van der Waals surface area contributed by atoms with Crippen LogP contribution in [-0.4, -0.2) is 37.2 Å². The molecule has 0 radical (unpaired) electrons. The van der Waals surface area contributed by atoms with Crippen LogP contribution in [0.15, 0.2) is 42.6 Å². The fraction of sp³-hybridized carbons (Fsp3) is 0.294. The number of amides is 1. The van der Waals surface area contributed by atoms with E-state index in [1.807, 2.05) is 41.1 Å². The fourth-order valence-corrected chi connectivity index (χ4v) is 2.84. The zero-order valence-electron chi connectivity index (χ0n) is 14.1. The minimum absolute atomic E-state index is 0. The molecule has 0 aliphatic carbocycles. The van der Waals surface area contributed by atoms with Crippen LogP contribution in [0.4, 0.5) is 0 Å². The van der Waals surface area contributed by atoms with E-state index in [0.717, 1.165) is 43.1 Å². The topological polar surface area (TPSA) is 89.7 Å². The van der Waals surface area contributed by atoms with Crippen LogP contribution in [0.3, 0.4) is 0 Å². The Morgan fingerprint density at radius 1 is 1.27 bits per heavy atom. The van der Waals surface area contributed by atoms with Crippen LogP contribution in [0.1, 0.15) is 28.3 Å². The van der Waals surface area contributed by atoms with Crippen LogP contribution in [0.5, 0.6) is 0 Å². The van der Waals surface area contributed by atoms with Crippen molar-refractivity contribution in [2.45, 2.75) is 26.1 Å². The second-order valence-electron chi connectivity index (χ2n) is 5.95. The van der Waals surface area contributed by atoms with Crippen molar-refractivity contribution in [3.8, 4) is 5.69 Å². The van der Waals surface area contributed by atoms with E-state index in [2.05, 4.69) is 26.0 Å². The molecule has 1 aliphatic heterocycles. The Bertz CT molecular complexity index is 851. The van der Waals surface area contributed by atoms with Gasteiger partial charge in [-0.25, -0.2) is 4.68 Å². The summed E-state index contributed by atoms with van der Waals surface area (Å²) >= 11 is 0. The average molecular weight is 374 g/mol. The van der Waals surface area contributed by atoms with Gasteiger partial charge in [0, 0.05) is 13.1 Å². The minimum atomic E-state index is -0.261. The number of rotatable bonds is 4. The normalized spacial score (nSPS) is 13.4. The largest absolute Gasteiger partial charge is 0.345 e. The Labute approximate surface area is 157 Å². The van der Waals surface area contributed by atoms with E-state index < -0.39 is 0 Å². The SMILES string of the molecule is Cl.O=C(NCc1cc2n(n1)CCCNC2)c1cn(-c2ccccc2)nn1. The Hall–Kier alpha value is -2.71. The molecule has 0 bridgehead atoms. The number of nitrogens with one attached hydrogen (secondary N) is 2. The van der Waals surface area contributed by atoms with Crippen molar-refractivity contribution in [1.82, 2.24) is 35.4 Å². The minimum Gasteiger partial charge on any atom is -0.345 e. The van der Waals surface area contributed by atoms with Crippen LogP contribution in [0.25, 0.3) is 5.69 Å². The molecule has 1 aliphatic rings. The smallest absolute Gasteiger partial charge is 0.273 e. The van der Waals surface area contributed by atoms with Crippen molar-refractivity contribution in [1.29, 1.82) is 0 Å². The molecule has 2 N–H and O–H groups in total. The lowest BCUT2D eigenvalue weighted by Crippen LogP contribution is -2.23. The average Bonchev–Trinajstić information content (AvgIpc) is 3.23. The summed E-state index contributed by atoms with van der Waals surface area (Å²) in [7, 11) is 0. The van der Waals surface area contributed by atoms with Crippen molar-refractivity contribution in [3.63, 3.8) is 0 Å². The van der Waals surface area contributed by atoms with Gasteiger partial charge in [-0.05, 0) is 31.2 Å². The number of hydrogen-bond donors (Lipinski definition) is 2. The monoisotopic (exact) mass is 373 g/mol. The van der Waals surface area contributed by atoms with Crippen molar-refractivity contribution >= 4 is 18.3 Å². The number of benzene rings is 1. The van der Waals surface area contributed by atoms with Crippen LogP contribution in [-0.2, 0) is 19.6 Å². The molecule has 8 nitrogen and oxygen atoms in total. The van der Waals surface area contributed by atoms with Crippen LogP contribution < -0.4 is 10.6 Å². The lowest BCUT2D eigenvalue weighted by Gasteiger charge is -2.01. The summed E-state index contributed by atoms with van der Waals surface area (Å²) in [6.45, 7) is 3.09. The lowest BCUT2D eigenvalue weighted by atomic mass is 10.3. The van der Waals surface area contributed by atoms with E-state index in [9.17, 15) is 4.79 Å². The van der Waals surface area contributed by atoms with Gasteiger partial charge in [0.25, 0.3) is 5.91 Å². The molecule has 0 spiro atoms. The van der Waals surface area contributed by atoms with E-state index in [4.69, 9.17) is 0 Å².